The molecule has 0 saturated heterocycles. The van der Waals surface area contributed by atoms with Crippen molar-refractivity contribution in [3.05, 3.63) is 92.4 Å². The third-order valence-electron chi connectivity index (χ3n) is 5.87. The molecule has 3 heterocycles. The number of carbonyl (C=O) groups is 2. The van der Waals surface area contributed by atoms with Crippen LogP contribution in [0.25, 0.3) is 0 Å². The van der Waals surface area contributed by atoms with E-state index in [0.717, 1.165) is 5.56 Å². The second-order valence-corrected chi connectivity index (χ2v) is 11.7. The van der Waals surface area contributed by atoms with Crippen molar-refractivity contribution in [2.75, 3.05) is 12.0 Å². The van der Waals surface area contributed by atoms with Crippen LogP contribution in [0.3, 0.4) is 0 Å². The summed E-state index contributed by atoms with van der Waals surface area (Å²) in [5.41, 5.74) is 2.00. The van der Waals surface area contributed by atoms with Gasteiger partial charge in [0.25, 0.3) is 5.91 Å². The van der Waals surface area contributed by atoms with Crippen molar-refractivity contribution in [2.45, 2.75) is 30.0 Å². The lowest BCUT2D eigenvalue weighted by molar-refractivity contribution is -0.117. The average molecular weight is 569 g/mol. The van der Waals surface area contributed by atoms with E-state index >= 15 is 0 Å². The molecule has 2 aromatic carbocycles. The van der Waals surface area contributed by atoms with Gasteiger partial charge >= 0.3 is 0 Å². The highest BCUT2D eigenvalue weighted by atomic mass is 32.2. The number of halogens is 1. The molecule has 0 fully saturated rings. The number of Topliss-reactive ketones (excluding diaryl/α,β-unsaturated/α-hetero) is 1. The molecule has 1 N–H and O–H groups in total. The van der Waals surface area contributed by atoms with E-state index in [4.69, 9.17) is 4.74 Å². The Morgan fingerprint density at radius 1 is 1.11 bits per heavy atom. The normalized spacial score (nSPS) is 15.4. The van der Waals surface area contributed by atoms with Crippen LogP contribution >= 0.6 is 34.4 Å². The number of aliphatic hydroxyl groups excluding tert-OH is 1. The molecule has 0 radical (unpaired) electrons. The highest BCUT2D eigenvalue weighted by Gasteiger charge is 2.46. The summed E-state index contributed by atoms with van der Waals surface area (Å²) in [4.78, 5) is 33.1. The molecule has 12 heteroatoms. The number of nitrogens with zero attached hydrogens (tertiary/aromatic N) is 4. The first kappa shape index (κ1) is 26.0. The fourth-order valence-electron chi connectivity index (χ4n) is 4.08. The fourth-order valence-corrected chi connectivity index (χ4v) is 6.78. The van der Waals surface area contributed by atoms with Crippen molar-refractivity contribution >= 4 is 51.3 Å². The number of ketones is 1. The summed E-state index contributed by atoms with van der Waals surface area (Å²) >= 11 is 3.77. The zero-order valence-electron chi connectivity index (χ0n) is 20.5. The number of benzene rings is 2. The number of thioether (sulfide) groups is 1. The number of amides is 1. The van der Waals surface area contributed by atoms with Gasteiger partial charge in [-0.25, -0.2) is 9.37 Å². The molecule has 4 aromatic rings. The second kappa shape index (κ2) is 10.6. The van der Waals surface area contributed by atoms with Crippen LogP contribution in [0.15, 0.2) is 64.2 Å². The average Bonchev–Trinajstić information content (AvgIpc) is 3.59. The van der Waals surface area contributed by atoms with Crippen molar-refractivity contribution in [1.29, 1.82) is 0 Å². The lowest BCUT2D eigenvalue weighted by Crippen LogP contribution is -2.31. The standard InChI is InChI=1S/C26H21FN4O4S3/c1-13-23(37-14(2)28-13)21(32)19-20(16-6-10-18(35-3)11-7-16)31(24(34)22(19)33)25-29-30-26(38-25)36-12-15-4-8-17(27)9-5-15/h4-11,20,33H,12H2,1-3H3/t20-/m1/s1. The molecule has 0 bridgehead atoms. The molecule has 8 nitrogen and oxygen atoms in total. The van der Waals surface area contributed by atoms with E-state index in [0.29, 0.717) is 37.0 Å². The van der Waals surface area contributed by atoms with Crippen molar-refractivity contribution < 1.29 is 23.8 Å². The van der Waals surface area contributed by atoms with Crippen molar-refractivity contribution in [3.8, 4) is 5.75 Å². The van der Waals surface area contributed by atoms with Crippen LogP contribution in [0.4, 0.5) is 9.52 Å². The van der Waals surface area contributed by atoms with Crippen LogP contribution in [0, 0.1) is 19.7 Å². The van der Waals surface area contributed by atoms with Crippen LogP contribution in [0.2, 0.25) is 0 Å². The summed E-state index contributed by atoms with van der Waals surface area (Å²) in [6.07, 6.45) is 0. The molecule has 1 aliphatic heterocycles. The smallest absolute Gasteiger partial charge is 0.296 e. The van der Waals surface area contributed by atoms with Gasteiger partial charge in [0, 0.05) is 5.75 Å². The van der Waals surface area contributed by atoms with Gasteiger partial charge in [-0.05, 0) is 49.2 Å². The first-order valence-corrected chi connectivity index (χ1v) is 14.0. The van der Waals surface area contributed by atoms with Gasteiger partial charge in [-0.15, -0.1) is 21.5 Å². The number of aryl methyl sites for hydroxylation is 2. The molecule has 5 rings (SSSR count). The molecule has 194 valence electrons. The van der Waals surface area contributed by atoms with Gasteiger partial charge in [-0.2, -0.15) is 0 Å². The van der Waals surface area contributed by atoms with Crippen LogP contribution in [-0.2, 0) is 10.5 Å². The fraction of sp³-hybridized carbons (Fsp3) is 0.192. The summed E-state index contributed by atoms with van der Waals surface area (Å²) in [5.74, 6) is -0.999. The van der Waals surface area contributed by atoms with Gasteiger partial charge < -0.3 is 9.84 Å². The van der Waals surface area contributed by atoms with Crippen LogP contribution in [-0.4, -0.2) is 39.1 Å². The molecule has 0 unspecified atom stereocenters. The van der Waals surface area contributed by atoms with E-state index in [-0.39, 0.29) is 16.5 Å². The summed E-state index contributed by atoms with van der Waals surface area (Å²) in [7, 11) is 1.54. The van der Waals surface area contributed by atoms with E-state index < -0.39 is 23.5 Å². The lowest BCUT2D eigenvalue weighted by Gasteiger charge is -2.24. The molecule has 38 heavy (non-hydrogen) atoms. The zero-order chi connectivity index (χ0) is 27.0. The molecular formula is C26H21FN4O4S3. The van der Waals surface area contributed by atoms with Crippen molar-refractivity contribution in [2.24, 2.45) is 0 Å². The van der Waals surface area contributed by atoms with Gasteiger partial charge in [0.1, 0.15) is 11.6 Å². The summed E-state index contributed by atoms with van der Waals surface area (Å²) in [6.45, 7) is 3.52. The molecule has 1 atom stereocenters. The Morgan fingerprint density at radius 2 is 1.82 bits per heavy atom. The van der Waals surface area contributed by atoms with E-state index in [2.05, 4.69) is 15.2 Å². The third kappa shape index (κ3) is 4.94. The van der Waals surface area contributed by atoms with E-state index in [9.17, 15) is 19.1 Å². The van der Waals surface area contributed by atoms with Gasteiger partial charge in [-0.1, -0.05) is 47.4 Å². The van der Waals surface area contributed by atoms with Crippen LogP contribution < -0.4 is 9.64 Å². The SMILES string of the molecule is COc1ccc([C@@H]2C(C(=O)c3sc(C)nc3C)=C(O)C(=O)N2c2nnc(SCc3ccc(F)cc3)s2)cc1. The Kier molecular flexibility index (Phi) is 7.28. The molecular weight excluding hydrogens is 548 g/mol. The highest BCUT2D eigenvalue weighted by Crippen LogP contribution is 2.44. The molecule has 0 saturated carbocycles. The molecule has 0 spiro atoms. The van der Waals surface area contributed by atoms with Crippen LogP contribution in [0.5, 0.6) is 5.75 Å². The van der Waals surface area contributed by atoms with E-state index in [1.807, 2.05) is 0 Å². The molecule has 1 amide bonds. The van der Waals surface area contributed by atoms with Crippen molar-refractivity contribution in [3.63, 3.8) is 0 Å². The second-order valence-electron chi connectivity index (χ2n) is 8.36. The predicted octanol–water partition coefficient (Wildman–Crippen LogP) is 5.83. The minimum Gasteiger partial charge on any atom is -0.503 e. The number of thiazole rings is 1. The Balaban J connectivity index is 1.50. The summed E-state index contributed by atoms with van der Waals surface area (Å²) in [5, 5.41) is 20.3. The number of carbonyl (C=O) groups excluding carboxylic acids is 2. The Bertz CT molecular complexity index is 1550. The number of aromatic nitrogens is 3. The molecule has 0 aliphatic carbocycles. The van der Waals surface area contributed by atoms with Gasteiger partial charge in [0.15, 0.2) is 10.1 Å². The Labute approximate surface area is 229 Å². The number of hydrogen-bond donors (Lipinski definition) is 1. The zero-order valence-corrected chi connectivity index (χ0v) is 22.9. The van der Waals surface area contributed by atoms with E-state index in [1.165, 1.54) is 51.5 Å². The highest BCUT2D eigenvalue weighted by molar-refractivity contribution is 8.00. The van der Waals surface area contributed by atoms with Gasteiger partial charge in [-0.3, -0.25) is 14.5 Å². The maximum absolute atomic E-state index is 13.7. The Hall–Kier alpha value is -3.61. The quantitative estimate of drug-likeness (QED) is 0.161. The number of aliphatic hydroxyl groups is 1. The maximum Gasteiger partial charge on any atom is 0.296 e. The number of anilines is 1. The summed E-state index contributed by atoms with van der Waals surface area (Å²) in [6, 6.07) is 12.2. The lowest BCUT2D eigenvalue weighted by atomic mass is 9.95. The number of hydrogen-bond acceptors (Lipinski definition) is 10. The summed E-state index contributed by atoms with van der Waals surface area (Å²) < 4.78 is 19.1. The third-order valence-corrected chi connectivity index (χ3v) is 9.07. The maximum atomic E-state index is 13.7. The topological polar surface area (TPSA) is 106 Å². The molecule has 1 aliphatic rings. The predicted molar refractivity (Wildman–Crippen MR) is 145 cm³/mol. The van der Waals surface area contributed by atoms with Gasteiger partial charge in [0.2, 0.25) is 10.9 Å². The van der Waals surface area contributed by atoms with Gasteiger partial charge in [0.05, 0.1) is 34.3 Å². The number of methoxy groups -OCH3 is 1. The monoisotopic (exact) mass is 568 g/mol. The number of ether oxygens (including phenoxy) is 1. The Morgan fingerprint density at radius 3 is 2.45 bits per heavy atom. The van der Waals surface area contributed by atoms with E-state index in [1.54, 1.807) is 57.4 Å². The molecule has 2 aromatic heterocycles. The first-order chi connectivity index (χ1) is 18.3. The van der Waals surface area contributed by atoms with Crippen LogP contribution in [0.1, 0.15) is 37.5 Å². The minimum absolute atomic E-state index is 0.0392. The first-order valence-electron chi connectivity index (χ1n) is 11.4. The number of rotatable bonds is 8. The van der Waals surface area contributed by atoms with Crippen molar-refractivity contribution in [1.82, 2.24) is 15.2 Å². The minimum atomic E-state index is -0.925. The largest absolute Gasteiger partial charge is 0.503 e.